The summed E-state index contributed by atoms with van der Waals surface area (Å²) in [5.41, 5.74) is 4.08. The van der Waals surface area contributed by atoms with Crippen LogP contribution in [0.5, 0.6) is 5.75 Å². The van der Waals surface area contributed by atoms with Crippen LogP contribution in [0.25, 0.3) is 28.6 Å². The third kappa shape index (κ3) is 6.38. The zero-order chi connectivity index (χ0) is 21.2. The van der Waals surface area contributed by atoms with E-state index in [1.54, 1.807) is 13.0 Å². The van der Waals surface area contributed by atoms with Gasteiger partial charge in [0.25, 0.3) is 0 Å². The van der Waals surface area contributed by atoms with Crippen LogP contribution in [0.3, 0.4) is 0 Å². The lowest BCUT2D eigenvalue weighted by Gasteiger charge is -2.06. The number of unbranched alkanes of at least 4 members (excludes halogenated alkanes) is 1. The van der Waals surface area contributed by atoms with Crippen molar-refractivity contribution >= 4 is 6.08 Å². The molecule has 1 aromatic heterocycles. The number of halogens is 1. The van der Waals surface area contributed by atoms with Gasteiger partial charge in [-0.2, -0.15) is 0 Å². The van der Waals surface area contributed by atoms with Gasteiger partial charge in [0.2, 0.25) is 0 Å². The fourth-order valence-electron chi connectivity index (χ4n) is 3.00. The first kappa shape index (κ1) is 21.4. The number of rotatable bonds is 10. The number of alkyl halides is 1. The van der Waals surface area contributed by atoms with Crippen molar-refractivity contribution in [3.05, 3.63) is 85.2 Å². The maximum Gasteiger partial charge on any atom is 0.159 e. The van der Waals surface area contributed by atoms with Crippen molar-refractivity contribution < 1.29 is 9.13 Å². The molecular formula is C26H27FN2O. The normalized spacial score (nSPS) is 12.1. The van der Waals surface area contributed by atoms with Crippen molar-refractivity contribution in [1.29, 1.82) is 0 Å². The molecule has 3 aromatic rings. The van der Waals surface area contributed by atoms with E-state index >= 15 is 0 Å². The van der Waals surface area contributed by atoms with E-state index in [9.17, 15) is 4.39 Å². The number of hydrogen-bond acceptors (Lipinski definition) is 3. The summed E-state index contributed by atoms with van der Waals surface area (Å²) in [6.07, 6.45) is 11.2. The minimum Gasteiger partial charge on any atom is -0.490 e. The van der Waals surface area contributed by atoms with Gasteiger partial charge in [-0.25, -0.2) is 14.4 Å². The second kappa shape index (κ2) is 11.1. The zero-order valence-corrected chi connectivity index (χ0v) is 17.3. The molecule has 0 saturated heterocycles. The lowest BCUT2D eigenvalue weighted by molar-refractivity contribution is 0.335. The van der Waals surface area contributed by atoms with Crippen LogP contribution in [-0.4, -0.2) is 22.7 Å². The van der Waals surface area contributed by atoms with Crippen molar-refractivity contribution in [2.24, 2.45) is 0 Å². The van der Waals surface area contributed by atoms with Gasteiger partial charge in [-0.1, -0.05) is 61.2 Å². The van der Waals surface area contributed by atoms with Gasteiger partial charge in [0.05, 0.1) is 6.17 Å². The monoisotopic (exact) mass is 402 g/mol. The number of benzene rings is 2. The second-order valence-corrected chi connectivity index (χ2v) is 7.16. The Morgan fingerprint density at radius 2 is 1.63 bits per heavy atom. The molecule has 3 rings (SSSR count). The van der Waals surface area contributed by atoms with Crippen molar-refractivity contribution in [3.8, 4) is 28.3 Å². The van der Waals surface area contributed by atoms with E-state index in [2.05, 4.69) is 28.7 Å². The Labute approximate surface area is 178 Å². The summed E-state index contributed by atoms with van der Waals surface area (Å²) in [5, 5.41) is 0. The van der Waals surface area contributed by atoms with Gasteiger partial charge in [-0.3, -0.25) is 0 Å². The van der Waals surface area contributed by atoms with Crippen LogP contribution < -0.4 is 4.74 Å². The molecule has 0 spiro atoms. The largest absolute Gasteiger partial charge is 0.490 e. The molecule has 0 N–H and O–H groups in total. The summed E-state index contributed by atoms with van der Waals surface area (Å²) in [7, 11) is 0. The standard InChI is InChI=1S/C26H27FN2O/c1-3-17-30-25-15-13-22(14-16-25)24-18-28-26(29-19-24)23-11-9-21(10-12-23)8-6-4-5-7-20(2)27/h3,6,8-16,18-20H,1,4-5,7,17H2,2H3. The third-order valence-corrected chi connectivity index (χ3v) is 4.66. The van der Waals surface area contributed by atoms with Gasteiger partial charge in [-0.15, -0.1) is 0 Å². The van der Waals surface area contributed by atoms with Gasteiger partial charge in [0, 0.05) is 23.5 Å². The van der Waals surface area contributed by atoms with Crippen LogP contribution >= 0.6 is 0 Å². The van der Waals surface area contributed by atoms with Gasteiger partial charge in [-0.05, 0) is 49.4 Å². The molecule has 154 valence electrons. The topological polar surface area (TPSA) is 35.0 Å². The summed E-state index contributed by atoms with van der Waals surface area (Å²) >= 11 is 0. The molecule has 1 unspecified atom stereocenters. The molecule has 0 amide bonds. The molecule has 2 aromatic carbocycles. The van der Waals surface area contributed by atoms with E-state index in [4.69, 9.17) is 4.74 Å². The summed E-state index contributed by atoms with van der Waals surface area (Å²) in [4.78, 5) is 9.04. The fourth-order valence-corrected chi connectivity index (χ4v) is 3.00. The molecule has 0 aliphatic rings. The summed E-state index contributed by atoms with van der Waals surface area (Å²) in [6.45, 7) is 5.74. The molecule has 0 aliphatic heterocycles. The minimum atomic E-state index is -0.722. The quantitative estimate of drug-likeness (QED) is 0.273. The van der Waals surface area contributed by atoms with Crippen LogP contribution in [0.2, 0.25) is 0 Å². The predicted octanol–water partition coefficient (Wildman–Crippen LogP) is 6.92. The molecule has 0 radical (unpaired) electrons. The first-order chi connectivity index (χ1) is 14.7. The molecule has 0 bridgehead atoms. The number of allylic oxidation sites excluding steroid dienone is 1. The average molecular weight is 403 g/mol. The smallest absolute Gasteiger partial charge is 0.159 e. The highest BCUT2D eigenvalue weighted by atomic mass is 19.1. The first-order valence-electron chi connectivity index (χ1n) is 10.2. The van der Waals surface area contributed by atoms with E-state index < -0.39 is 6.17 Å². The van der Waals surface area contributed by atoms with Gasteiger partial charge in [0.1, 0.15) is 12.4 Å². The highest BCUT2D eigenvalue weighted by Crippen LogP contribution is 2.23. The van der Waals surface area contributed by atoms with Crippen LogP contribution in [0.4, 0.5) is 4.39 Å². The number of aromatic nitrogens is 2. The van der Waals surface area contributed by atoms with Crippen molar-refractivity contribution in [3.63, 3.8) is 0 Å². The Balaban J connectivity index is 1.60. The van der Waals surface area contributed by atoms with E-state index in [0.717, 1.165) is 40.8 Å². The van der Waals surface area contributed by atoms with E-state index in [0.29, 0.717) is 18.9 Å². The van der Waals surface area contributed by atoms with Crippen molar-refractivity contribution in [2.45, 2.75) is 32.4 Å². The maximum atomic E-state index is 12.8. The molecule has 0 aliphatic carbocycles. The van der Waals surface area contributed by atoms with Gasteiger partial charge >= 0.3 is 0 Å². The van der Waals surface area contributed by atoms with Crippen LogP contribution in [0.15, 0.2) is 79.7 Å². The Bertz CT molecular complexity index is 946. The van der Waals surface area contributed by atoms with Crippen LogP contribution in [-0.2, 0) is 0 Å². The minimum absolute atomic E-state index is 0.490. The summed E-state index contributed by atoms with van der Waals surface area (Å²) in [6, 6.07) is 16.0. The Kier molecular flexibility index (Phi) is 7.90. The molecular weight excluding hydrogens is 375 g/mol. The highest BCUT2D eigenvalue weighted by Gasteiger charge is 2.04. The Morgan fingerprint density at radius 1 is 0.967 bits per heavy atom. The van der Waals surface area contributed by atoms with Crippen molar-refractivity contribution in [2.75, 3.05) is 6.61 Å². The molecule has 1 atom stereocenters. The van der Waals surface area contributed by atoms with Gasteiger partial charge < -0.3 is 4.74 Å². The molecule has 30 heavy (non-hydrogen) atoms. The van der Waals surface area contributed by atoms with E-state index in [1.807, 2.05) is 60.9 Å². The molecule has 0 saturated carbocycles. The summed E-state index contributed by atoms with van der Waals surface area (Å²) in [5.74, 6) is 1.50. The number of nitrogens with zero attached hydrogens (tertiary/aromatic N) is 2. The predicted molar refractivity (Wildman–Crippen MR) is 122 cm³/mol. The second-order valence-electron chi connectivity index (χ2n) is 7.16. The zero-order valence-electron chi connectivity index (χ0n) is 17.3. The van der Waals surface area contributed by atoms with Gasteiger partial charge in [0.15, 0.2) is 5.82 Å². The summed E-state index contributed by atoms with van der Waals surface area (Å²) < 4.78 is 18.3. The molecule has 3 nitrogen and oxygen atoms in total. The average Bonchev–Trinajstić information content (AvgIpc) is 2.78. The third-order valence-electron chi connectivity index (χ3n) is 4.66. The first-order valence-corrected chi connectivity index (χ1v) is 10.2. The highest BCUT2D eigenvalue weighted by molar-refractivity contribution is 5.65. The maximum absolute atomic E-state index is 12.8. The number of ether oxygens (including phenoxy) is 1. The van der Waals surface area contributed by atoms with Crippen LogP contribution in [0, 0.1) is 0 Å². The van der Waals surface area contributed by atoms with E-state index in [-0.39, 0.29) is 0 Å². The molecule has 4 heteroatoms. The van der Waals surface area contributed by atoms with E-state index in [1.165, 1.54) is 0 Å². The molecule has 0 fully saturated rings. The lowest BCUT2D eigenvalue weighted by Crippen LogP contribution is -1.93. The SMILES string of the molecule is C=CCOc1ccc(-c2cnc(-c3ccc(C=CCCCC(C)F)cc3)nc2)cc1. The molecule has 1 heterocycles. The van der Waals surface area contributed by atoms with Crippen LogP contribution in [0.1, 0.15) is 31.7 Å². The Hall–Kier alpha value is -3.27. The lowest BCUT2D eigenvalue weighted by atomic mass is 10.1. The number of hydrogen-bond donors (Lipinski definition) is 0. The Morgan fingerprint density at radius 3 is 2.27 bits per heavy atom. The fraction of sp³-hybridized carbons (Fsp3) is 0.231. The van der Waals surface area contributed by atoms with Crippen molar-refractivity contribution in [1.82, 2.24) is 9.97 Å².